The molecule has 0 fully saturated rings. The average molecular weight is 319 g/mol. The lowest BCUT2D eigenvalue weighted by Crippen LogP contribution is -2.33. The van der Waals surface area contributed by atoms with Crippen LogP contribution in [-0.4, -0.2) is 12.6 Å². The topological polar surface area (TPSA) is 41.1 Å². The van der Waals surface area contributed by atoms with Gasteiger partial charge in [0.05, 0.1) is 0 Å². The van der Waals surface area contributed by atoms with Crippen molar-refractivity contribution in [3.05, 3.63) is 76.7 Å². The minimum absolute atomic E-state index is 0.304. The molecule has 0 aliphatic heterocycles. The fourth-order valence-electron chi connectivity index (χ4n) is 1.85. The monoisotopic (exact) mass is 318 g/mol. The molecule has 0 spiro atoms. The third kappa shape index (κ3) is 5.58. The first-order chi connectivity index (χ1) is 10.6. The highest BCUT2D eigenvalue weighted by Gasteiger charge is 1.98. The molecule has 0 heterocycles. The molecule has 2 rings (SSSR count). The van der Waals surface area contributed by atoms with Crippen LogP contribution in [0, 0.1) is 5.82 Å². The second-order valence-corrected chi connectivity index (χ2v) is 5.10. The maximum Gasteiger partial charge on any atom is 0.318 e. The fraction of sp³-hybridized carbons (Fsp3) is 0.118. The van der Waals surface area contributed by atoms with Gasteiger partial charge in [-0.25, -0.2) is 9.18 Å². The Kier molecular flexibility index (Phi) is 5.98. The van der Waals surface area contributed by atoms with E-state index in [1.807, 2.05) is 24.3 Å². The molecule has 0 bridgehead atoms. The first-order valence-electron chi connectivity index (χ1n) is 6.84. The molecule has 0 aliphatic rings. The van der Waals surface area contributed by atoms with E-state index in [1.165, 1.54) is 18.3 Å². The SMILES string of the molecule is O=C(N/C=C/c1cccc(F)c1)NCCc1ccc(Cl)cc1. The zero-order valence-electron chi connectivity index (χ0n) is 11.9. The van der Waals surface area contributed by atoms with Crippen LogP contribution in [-0.2, 0) is 6.42 Å². The van der Waals surface area contributed by atoms with Gasteiger partial charge in [-0.2, -0.15) is 0 Å². The van der Waals surface area contributed by atoms with Crippen LogP contribution in [0.5, 0.6) is 0 Å². The molecule has 2 aromatic rings. The van der Waals surface area contributed by atoms with Crippen molar-refractivity contribution in [1.82, 2.24) is 10.6 Å². The molecule has 0 saturated heterocycles. The van der Waals surface area contributed by atoms with Gasteiger partial charge in [0, 0.05) is 17.8 Å². The maximum atomic E-state index is 13.0. The number of hydrogen-bond donors (Lipinski definition) is 2. The molecule has 2 N–H and O–H groups in total. The summed E-state index contributed by atoms with van der Waals surface area (Å²) in [5.41, 5.74) is 1.78. The van der Waals surface area contributed by atoms with Crippen LogP contribution in [0.4, 0.5) is 9.18 Å². The average Bonchev–Trinajstić information content (AvgIpc) is 2.49. The van der Waals surface area contributed by atoms with Crippen molar-refractivity contribution in [3.63, 3.8) is 0 Å². The Morgan fingerprint density at radius 2 is 1.95 bits per heavy atom. The molecule has 0 saturated carbocycles. The van der Waals surface area contributed by atoms with Gasteiger partial charge in [-0.15, -0.1) is 0 Å². The molecular formula is C17H16ClFN2O. The number of nitrogens with one attached hydrogen (secondary N) is 2. The molecule has 0 aliphatic carbocycles. The maximum absolute atomic E-state index is 13.0. The first kappa shape index (κ1) is 16.0. The molecule has 114 valence electrons. The summed E-state index contributed by atoms with van der Waals surface area (Å²) in [5, 5.41) is 6.00. The first-order valence-corrected chi connectivity index (χ1v) is 7.22. The largest absolute Gasteiger partial charge is 0.338 e. The lowest BCUT2D eigenvalue weighted by molar-refractivity contribution is 0.244. The van der Waals surface area contributed by atoms with Crippen molar-refractivity contribution < 1.29 is 9.18 Å². The van der Waals surface area contributed by atoms with Crippen molar-refractivity contribution >= 4 is 23.7 Å². The molecule has 22 heavy (non-hydrogen) atoms. The van der Waals surface area contributed by atoms with E-state index < -0.39 is 0 Å². The van der Waals surface area contributed by atoms with Gasteiger partial charge in [0.1, 0.15) is 5.82 Å². The summed E-state index contributed by atoms with van der Waals surface area (Å²) in [5.74, 6) is -0.311. The second kappa shape index (κ2) is 8.20. The number of amides is 2. The van der Waals surface area contributed by atoms with Crippen LogP contribution < -0.4 is 10.6 Å². The summed E-state index contributed by atoms with van der Waals surface area (Å²) < 4.78 is 13.0. The minimum Gasteiger partial charge on any atom is -0.338 e. The smallest absolute Gasteiger partial charge is 0.318 e. The summed E-state index contributed by atoms with van der Waals surface area (Å²) in [6.45, 7) is 0.515. The number of hydrogen-bond acceptors (Lipinski definition) is 1. The Labute approximate surface area is 133 Å². The molecular weight excluding hydrogens is 303 g/mol. The van der Waals surface area contributed by atoms with Crippen LogP contribution in [0.2, 0.25) is 5.02 Å². The lowest BCUT2D eigenvalue weighted by Gasteiger charge is -2.05. The predicted octanol–water partition coefficient (Wildman–Crippen LogP) is 3.99. The summed E-state index contributed by atoms with van der Waals surface area (Å²) in [4.78, 5) is 11.6. The second-order valence-electron chi connectivity index (χ2n) is 4.67. The van der Waals surface area contributed by atoms with E-state index >= 15 is 0 Å². The Morgan fingerprint density at radius 3 is 2.68 bits per heavy atom. The molecule has 0 atom stereocenters. The van der Waals surface area contributed by atoms with Crippen LogP contribution in [0.3, 0.4) is 0 Å². The minimum atomic E-state index is -0.311. The Morgan fingerprint density at radius 1 is 1.18 bits per heavy atom. The van der Waals surface area contributed by atoms with Gasteiger partial charge in [0.15, 0.2) is 0 Å². The summed E-state index contributed by atoms with van der Waals surface area (Å²) >= 11 is 5.80. The van der Waals surface area contributed by atoms with Gasteiger partial charge in [0.25, 0.3) is 0 Å². The number of urea groups is 1. The van der Waals surface area contributed by atoms with E-state index in [1.54, 1.807) is 18.2 Å². The highest BCUT2D eigenvalue weighted by atomic mass is 35.5. The van der Waals surface area contributed by atoms with E-state index in [0.717, 1.165) is 12.0 Å². The number of carbonyl (C=O) groups is 1. The van der Waals surface area contributed by atoms with E-state index in [2.05, 4.69) is 10.6 Å². The number of rotatable bonds is 5. The van der Waals surface area contributed by atoms with Crippen molar-refractivity contribution in [3.8, 4) is 0 Å². The Balaban J connectivity index is 1.70. The third-order valence-electron chi connectivity index (χ3n) is 2.95. The summed E-state index contributed by atoms with van der Waals surface area (Å²) in [6.07, 6.45) is 3.83. The van der Waals surface area contributed by atoms with Crippen LogP contribution in [0.1, 0.15) is 11.1 Å². The number of carbonyl (C=O) groups excluding carboxylic acids is 1. The van der Waals surface area contributed by atoms with Gasteiger partial charge in [-0.1, -0.05) is 35.9 Å². The van der Waals surface area contributed by atoms with Gasteiger partial charge in [-0.05, 0) is 47.9 Å². The van der Waals surface area contributed by atoms with Crippen LogP contribution in [0.15, 0.2) is 54.7 Å². The van der Waals surface area contributed by atoms with E-state index in [9.17, 15) is 9.18 Å². The molecule has 0 unspecified atom stereocenters. The number of benzene rings is 2. The van der Waals surface area contributed by atoms with Gasteiger partial charge in [0.2, 0.25) is 0 Å². The molecule has 3 nitrogen and oxygen atoms in total. The van der Waals surface area contributed by atoms with Crippen LogP contribution >= 0.6 is 11.6 Å². The summed E-state index contributed by atoms with van der Waals surface area (Å²) in [7, 11) is 0. The van der Waals surface area contributed by atoms with Crippen molar-refractivity contribution in [2.45, 2.75) is 6.42 Å². The highest BCUT2D eigenvalue weighted by Crippen LogP contribution is 2.09. The molecule has 5 heteroatoms. The van der Waals surface area contributed by atoms with E-state index in [-0.39, 0.29) is 11.8 Å². The third-order valence-corrected chi connectivity index (χ3v) is 3.20. The molecule has 0 radical (unpaired) electrons. The van der Waals surface area contributed by atoms with Gasteiger partial charge in [-0.3, -0.25) is 0 Å². The van der Waals surface area contributed by atoms with Crippen molar-refractivity contribution in [2.24, 2.45) is 0 Å². The molecule has 2 amide bonds. The van der Waals surface area contributed by atoms with E-state index in [4.69, 9.17) is 11.6 Å². The quantitative estimate of drug-likeness (QED) is 0.860. The fourth-order valence-corrected chi connectivity index (χ4v) is 1.97. The Hall–Kier alpha value is -2.33. The lowest BCUT2D eigenvalue weighted by atomic mass is 10.1. The Bertz CT molecular complexity index is 656. The molecule has 2 aromatic carbocycles. The van der Waals surface area contributed by atoms with Gasteiger partial charge >= 0.3 is 6.03 Å². The normalized spacial score (nSPS) is 10.6. The summed E-state index contributed by atoms with van der Waals surface area (Å²) in [6, 6.07) is 13.3. The zero-order valence-corrected chi connectivity index (χ0v) is 12.6. The standard InChI is InChI=1S/C17H16ClFN2O/c18-15-6-4-13(5-7-15)8-10-20-17(22)21-11-9-14-2-1-3-16(19)12-14/h1-7,9,11-12H,8,10H2,(H2,20,21,22)/b11-9+. The van der Waals surface area contributed by atoms with Crippen molar-refractivity contribution in [1.29, 1.82) is 0 Å². The number of halogens is 2. The highest BCUT2D eigenvalue weighted by molar-refractivity contribution is 6.30. The van der Waals surface area contributed by atoms with E-state index in [0.29, 0.717) is 17.1 Å². The zero-order chi connectivity index (χ0) is 15.8. The predicted molar refractivity (Wildman–Crippen MR) is 87.1 cm³/mol. The van der Waals surface area contributed by atoms with Gasteiger partial charge < -0.3 is 10.6 Å². The van der Waals surface area contributed by atoms with Crippen molar-refractivity contribution in [2.75, 3.05) is 6.54 Å². The molecule has 0 aromatic heterocycles. The van der Waals surface area contributed by atoms with Crippen LogP contribution in [0.25, 0.3) is 6.08 Å².